The van der Waals surface area contributed by atoms with Gasteiger partial charge in [0.05, 0.1) is 34.0 Å². The van der Waals surface area contributed by atoms with Gasteiger partial charge in [-0.15, -0.1) is 0 Å². The molecule has 1 amide bonds. The molecule has 0 saturated carbocycles. The van der Waals surface area contributed by atoms with Crippen molar-refractivity contribution in [2.24, 2.45) is 0 Å². The third kappa shape index (κ3) is 5.04. The Morgan fingerprint density at radius 3 is 2.28 bits per heavy atom. The Kier molecular flexibility index (Phi) is 7.59. The van der Waals surface area contributed by atoms with Crippen molar-refractivity contribution in [3.8, 4) is 11.5 Å². The van der Waals surface area contributed by atoms with Gasteiger partial charge in [0, 0.05) is 18.2 Å². The van der Waals surface area contributed by atoms with Gasteiger partial charge in [0.25, 0.3) is 0 Å². The lowest BCUT2D eigenvalue weighted by Crippen LogP contribution is -2.35. The van der Waals surface area contributed by atoms with E-state index in [9.17, 15) is 14.4 Å². The van der Waals surface area contributed by atoms with Crippen LogP contribution < -0.4 is 14.8 Å². The summed E-state index contributed by atoms with van der Waals surface area (Å²) >= 11 is 0. The smallest absolute Gasteiger partial charge is 0.338 e. The van der Waals surface area contributed by atoms with E-state index in [0.29, 0.717) is 17.1 Å². The van der Waals surface area contributed by atoms with Gasteiger partial charge in [-0.1, -0.05) is 18.2 Å². The van der Waals surface area contributed by atoms with Gasteiger partial charge < -0.3 is 24.3 Å². The molecule has 2 aromatic carbocycles. The topological polar surface area (TPSA) is 100 Å². The molecule has 154 valence electrons. The standard InChI is InChI=1S/C21H23NO7/c1-26-14-10-9-13(17(11-14)27-2)12-22-19(23)18(21(25)29-4)15-7-5-6-8-16(15)20(24)28-3/h5-11,18H,12H2,1-4H3,(H,22,23). The second-order valence-electron chi connectivity index (χ2n) is 5.93. The van der Waals surface area contributed by atoms with Gasteiger partial charge in [-0.2, -0.15) is 0 Å². The van der Waals surface area contributed by atoms with E-state index in [1.807, 2.05) is 0 Å². The average molecular weight is 401 g/mol. The van der Waals surface area contributed by atoms with Crippen LogP contribution in [0.5, 0.6) is 11.5 Å². The maximum absolute atomic E-state index is 12.9. The Balaban J connectivity index is 2.30. The van der Waals surface area contributed by atoms with E-state index in [1.165, 1.54) is 40.6 Å². The van der Waals surface area contributed by atoms with Crippen LogP contribution in [0.15, 0.2) is 42.5 Å². The normalized spacial score (nSPS) is 11.2. The predicted octanol–water partition coefficient (Wildman–Crippen LogP) is 2.06. The molecule has 0 radical (unpaired) electrons. The van der Waals surface area contributed by atoms with Gasteiger partial charge in [0.1, 0.15) is 11.5 Å². The number of methoxy groups -OCH3 is 4. The first kappa shape index (κ1) is 21.7. The van der Waals surface area contributed by atoms with E-state index in [2.05, 4.69) is 5.32 Å². The fourth-order valence-corrected chi connectivity index (χ4v) is 2.82. The molecular weight excluding hydrogens is 378 g/mol. The van der Waals surface area contributed by atoms with Gasteiger partial charge >= 0.3 is 11.9 Å². The average Bonchev–Trinajstić information content (AvgIpc) is 2.77. The molecule has 8 nitrogen and oxygen atoms in total. The lowest BCUT2D eigenvalue weighted by Gasteiger charge is -2.18. The summed E-state index contributed by atoms with van der Waals surface area (Å²) in [6.07, 6.45) is 0. The summed E-state index contributed by atoms with van der Waals surface area (Å²) in [4.78, 5) is 37.3. The first-order chi connectivity index (χ1) is 14.0. The Morgan fingerprint density at radius 2 is 1.66 bits per heavy atom. The van der Waals surface area contributed by atoms with Crippen LogP contribution in [-0.2, 0) is 25.6 Å². The van der Waals surface area contributed by atoms with Crippen molar-refractivity contribution in [2.75, 3.05) is 28.4 Å². The zero-order valence-electron chi connectivity index (χ0n) is 16.7. The Morgan fingerprint density at radius 1 is 0.931 bits per heavy atom. The summed E-state index contributed by atoms with van der Waals surface area (Å²) in [5.41, 5.74) is 1.000. The van der Waals surface area contributed by atoms with Crippen molar-refractivity contribution in [3.05, 3.63) is 59.2 Å². The minimum atomic E-state index is -1.33. The van der Waals surface area contributed by atoms with Crippen molar-refractivity contribution in [1.29, 1.82) is 0 Å². The number of esters is 2. The largest absolute Gasteiger partial charge is 0.497 e. The van der Waals surface area contributed by atoms with Gasteiger partial charge in [-0.3, -0.25) is 9.59 Å². The van der Waals surface area contributed by atoms with Crippen LogP contribution in [0.4, 0.5) is 0 Å². The second kappa shape index (κ2) is 10.1. The molecule has 0 aliphatic heterocycles. The Hall–Kier alpha value is -3.55. The summed E-state index contributed by atoms with van der Waals surface area (Å²) in [6.45, 7) is 0.0971. The lowest BCUT2D eigenvalue weighted by molar-refractivity contribution is -0.146. The number of benzene rings is 2. The minimum absolute atomic E-state index is 0.0971. The molecule has 1 unspecified atom stereocenters. The highest BCUT2D eigenvalue weighted by atomic mass is 16.5. The molecule has 1 atom stereocenters. The molecule has 0 saturated heterocycles. The number of nitrogens with one attached hydrogen (secondary N) is 1. The summed E-state index contributed by atoms with van der Waals surface area (Å²) in [5, 5.41) is 2.70. The number of amides is 1. The van der Waals surface area contributed by atoms with E-state index in [4.69, 9.17) is 18.9 Å². The molecule has 0 fully saturated rings. The summed E-state index contributed by atoms with van der Waals surface area (Å²) in [5.74, 6) is -2.27. The monoisotopic (exact) mass is 401 g/mol. The van der Waals surface area contributed by atoms with Crippen molar-refractivity contribution < 1.29 is 33.3 Å². The van der Waals surface area contributed by atoms with Crippen molar-refractivity contribution >= 4 is 17.8 Å². The molecule has 29 heavy (non-hydrogen) atoms. The highest BCUT2D eigenvalue weighted by Gasteiger charge is 2.33. The highest BCUT2D eigenvalue weighted by molar-refractivity contribution is 6.06. The number of rotatable bonds is 8. The molecule has 0 spiro atoms. The van der Waals surface area contributed by atoms with Crippen molar-refractivity contribution in [3.63, 3.8) is 0 Å². The maximum atomic E-state index is 12.9. The number of carbonyl (C=O) groups excluding carboxylic acids is 3. The molecule has 1 N–H and O–H groups in total. The van der Waals surface area contributed by atoms with Gasteiger partial charge in [-0.05, 0) is 23.8 Å². The summed E-state index contributed by atoms with van der Waals surface area (Å²) in [7, 11) is 5.44. The Bertz CT molecular complexity index is 894. The van der Waals surface area contributed by atoms with Crippen LogP contribution >= 0.6 is 0 Å². The zero-order valence-corrected chi connectivity index (χ0v) is 16.7. The first-order valence-corrected chi connectivity index (χ1v) is 8.70. The highest BCUT2D eigenvalue weighted by Crippen LogP contribution is 2.26. The fourth-order valence-electron chi connectivity index (χ4n) is 2.82. The maximum Gasteiger partial charge on any atom is 0.338 e. The van der Waals surface area contributed by atoms with E-state index >= 15 is 0 Å². The zero-order chi connectivity index (χ0) is 21.4. The van der Waals surface area contributed by atoms with E-state index in [-0.39, 0.29) is 17.7 Å². The van der Waals surface area contributed by atoms with E-state index < -0.39 is 23.8 Å². The third-order valence-electron chi connectivity index (χ3n) is 4.32. The Labute approximate surface area is 168 Å². The number of hydrogen-bond donors (Lipinski definition) is 1. The molecular formula is C21H23NO7. The van der Waals surface area contributed by atoms with Gasteiger partial charge in [-0.25, -0.2) is 4.79 Å². The van der Waals surface area contributed by atoms with E-state index in [0.717, 1.165) is 0 Å². The number of ether oxygens (including phenoxy) is 4. The quantitative estimate of drug-likeness (QED) is 0.534. The number of carbonyl (C=O) groups is 3. The van der Waals surface area contributed by atoms with Crippen LogP contribution in [0.2, 0.25) is 0 Å². The molecule has 0 bridgehead atoms. The van der Waals surface area contributed by atoms with Crippen LogP contribution in [0, 0.1) is 0 Å². The molecule has 0 aliphatic rings. The molecule has 2 aromatic rings. The van der Waals surface area contributed by atoms with Crippen molar-refractivity contribution in [1.82, 2.24) is 5.32 Å². The SMILES string of the molecule is COC(=O)c1ccccc1C(C(=O)NCc1ccc(OC)cc1OC)C(=O)OC. The minimum Gasteiger partial charge on any atom is -0.497 e. The third-order valence-corrected chi connectivity index (χ3v) is 4.32. The molecule has 2 rings (SSSR count). The first-order valence-electron chi connectivity index (χ1n) is 8.70. The second-order valence-corrected chi connectivity index (χ2v) is 5.93. The molecule has 0 aromatic heterocycles. The van der Waals surface area contributed by atoms with Crippen LogP contribution in [0.25, 0.3) is 0 Å². The van der Waals surface area contributed by atoms with Crippen molar-refractivity contribution in [2.45, 2.75) is 12.5 Å². The van der Waals surface area contributed by atoms with Gasteiger partial charge in [0.15, 0.2) is 5.92 Å². The summed E-state index contributed by atoms with van der Waals surface area (Å²) in [6, 6.07) is 11.4. The fraction of sp³-hybridized carbons (Fsp3) is 0.286. The molecule has 8 heteroatoms. The van der Waals surface area contributed by atoms with Gasteiger partial charge in [0.2, 0.25) is 5.91 Å². The lowest BCUT2D eigenvalue weighted by atomic mass is 9.93. The van der Waals surface area contributed by atoms with Crippen LogP contribution in [-0.4, -0.2) is 46.3 Å². The van der Waals surface area contributed by atoms with Crippen LogP contribution in [0.1, 0.15) is 27.4 Å². The molecule has 0 heterocycles. The predicted molar refractivity (Wildman–Crippen MR) is 104 cm³/mol. The van der Waals surface area contributed by atoms with Crippen LogP contribution in [0.3, 0.4) is 0 Å². The summed E-state index contributed by atoms with van der Waals surface area (Å²) < 4.78 is 20.0. The molecule has 0 aliphatic carbocycles. The van der Waals surface area contributed by atoms with E-state index in [1.54, 1.807) is 30.3 Å². The number of hydrogen-bond acceptors (Lipinski definition) is 7.